The summed E-state index contributed by atoms with van der Waals surface area (Å²) in [6.45, 7) is 5.08. The zero-order chi connectivity index (χ0) is 15.8. The molecule has 1 unspecified atom stereocenters. The quantitative estimate of drug-likeness (QED) is 0.838. The highest BCUT2D eigenvalue weighted by atomic mass is 35.5. The summed E-state index contributed by atoms with van der Waals surface area (Å²) in [4.78, 5) is 14.0. The van der Waals surface area contributed by atoms with Gasteiger partial charge in [-0.3, -0.25) is 4.79 Å². The van der Waals surface area contributed by atoms with Gasteiger partial charge in [0.2, 0.25) is 5.09 Å². The monoisotopic (exact) mass is 351 g/mol. The van der Waals surface area contributed by atoms with E-state index in [-0.39, 0.29) is 40.6 Å². The molecule has 126 valence electrons. The lowest BCUT2D eigenvalue weighted by molar-refractivity contribution is 0.0498. The molecular formula is C13H22ClN3O4S. The van der Waals surface area contributed by atoms with Crippen molar-refractivity contribution in [3.8, 4) is 0 Å². The molecule has 2 rings (SSSR count). The number of nitrogens with one attached hydrogen (secondary N) is 1. The van der Waals surface area contributed by atoms with Gasteiger partial charge in [-0.05, 0) is 31.0 Å². The molecule has 9 heteroatoms. The number of halogens is 1. The fourth-order valence-electron chi connectivity index (χ4n) is 2.38. The van der Waals surface area contributed by atoms with Crippen molar-refractivity contribution in [2.75, 3.05) is 20.1 Å². The molecule has 0 aliphatic carbocycles. The summed E-state index contributed by atoms with van der Waals surface area (Å²) in [5.41, 5.74) is 5.86. The van der Waals surface area contributed by atoms with Crippen LogP contribution in [-0.2, 0) is 10.0 Å². The van der Waals surface area contributed by atoms with Crippen LogP contribution < -0.4 is 10.5 Å². The number of piperidine rings is 1. The average Bonchev–Trinajstić information content (AvgIpc) is 2.91. The standard InChI is InChI=1S/C13H21N3O4S.ClH/c1-13(2)8-16(7-6-10(13)14)12(17)9-4-5-11(20-9)21(18,19)15-3;/h4-5,10,15H,6-8,14H2,1-3H3;1H. The van der Waals surface area contributed by atoms with E-state index in [1.807, 2.05) is 13.8 Å². The van der Waals surface area contributed by atoms with Crippen molar-refractivity contribution in [2.45, 2.75) is 31.4 Å². The molecule has 1 fully saturated rings. The van der Waals surface area contributed by atoms with Gasteiger partial charge in [-0.1, -0.05) is 13.8 Å². The minimum atomic E-state index is -3.68. The van der Waals surface area contributed by atoms with E-state index in [1.54, 1.807) is 4.90 Å². The van der Waals surface area contributed by atoms with Gasteiger partial charge in [0.15, 0.2) is 5.76 Å². The van der Waals surface area contributed by atoms with Crippen LogP contribution in [0.3, 0.4) is 0 Å². The van der Waals surface area contributed by atoms with E-state index in [0.717, 1.165) is 0 Å². The molecular weight excluding hydrogens is 330 g/mol. The second-order valence-electron chi connectivity index (χ2n) is 5.94. The van der Waals surface area contributed by atoms with Crippen molar-refractivity contribution in [3.05, 3.63) is 17.9 Å². The SMILES string of the molecule is CNS(=O)(=O)c1ccc(C(=O)N2CCC(N)C(C)(C)C2)o1.Cl. The number of carbonyl (C=O) groups is 1. The summed E-state index contributed by atoms with van der Waals surface area (Å²) in [7, 11) is -2.40. The summed E-state index contributed by atoms with van der Waals surface area (Å²) in [5.74, 6) is -0.289. The van der Waals surface area contributed by atoms with Gasteiger partial charge in [-0.2, -0.15) is 0 Å². The number of carbonyl (C=O) groups excluding carboxylic acids is 1. The maximum absolute atomic E-state index is 12.4. The van der Waals surface area contributed by atoms with E-state index in [2.05, 4.69) is 4.72 Å². The van der Waals surface area contributed by atoms with Crippen molar-refractivity contribution in [2.24, 2.45) is 11.1 Å². The Morgan fingerprint density at radius 3 is 2.64 bits per heavy atom. The Bertz CT molecular complexity index is 641. The van der Waals surface area contributed by atoms with Crippen molar-refractivity contribution >= 4 is 28.3 Å². The van der Waals surface area contributed by atoms with Gasteiger partial charge < -0.3 is 15.1 Å². The largest absolute Gasteiger partial charge is 0.438 e. The van der Waals surface area contributed by atoms with Crippen LogP contribution in [0.15, 0.2) is 21.6 Å². The first-order chi connectivity index (χ1) is 9.67. The smallest absolute Gasteiger partial charge is 0.289 e. The second kappa shape index (κ2) is 6.57. The average molecular weight is 352 g/mol. The van der Waals surface area contributed by atoms with Gasteiger partial charge in [-0.15, -0.1) is 12.4 Å². The van der Waals surface area contributed by atoms with Crippen molar-refractivity contribution in [3.63, 3.8) is 0 Å². The highest BCUT2D eigenvalue weighted by Gasteiger charge is 2.36. The van der Waals surface area contributed by atoms with Gasteiger partial charge in [0.25, 0.3) is 15.9 Å². The van der Waals surface area contributed by atoms with Crippen LogP contribution in [0.4, 0.5) is 0 Å². The third-order valence-electron chi connectivity index (χ3n) is 3.93. The molecule has 1 aliphatic heterocycles. The normalized spacial score (nSPS) is 21.3. The van der Waals surface area contributed by atoms with E-state index in [4.69, 9.17) is 10.2 Å². The Morgan fingerprint density at radius 2 is 2.09 bits per heavy atom. The number of sulfonamides is 1. The van der Waals surface area contributed by atoms with Gasteiger partial charge in [0.1, 0.15) is 0 Å². The topological polar surface area (TPSA) is 106 Å². The molecule has 22 heavy (non-hydrogen) atoms. The molecule has 0 aromatic carbocycles. The van der Waals surface area contributed by atoms with Gasteiger partial charge in [-0.25, -0.2) is 13.1 Å². The van der Waals surface area contributed by atoms with Gasteiger partial charge in [0.05, 0.1) is 0 Å². The lowest BCUT2D eigenvalue weighted by atomic mass is 9.79. The lowest BCUT2D eigenvalue weighted by Gasteiger charge is -2.42. The van der Waals surface area contributed by atoms with E-state index in [9.17, 15) is 13.2 Å². The second-order valence-corrected chi connectivity index (χ2v) is 7.75. The first-order valence-corrected chi connectivity index (χ1v) is 8.24. The van der Waals surface area contributed by atoms with Crippen molar-refractivity contribution < 1.29 is 17.6 Å². The number of furan rings is 1. The zero-order valence-electron chi connectivity index (χ0n) is 12.8. The summed E-state index contributed by atoms with van der Waals surface area (Å²) < 4.78 is 30.5. The Labute approximate surface area is 136 Å². The maximum Gasteiger partial charge on any atom is 0.289 e. The molecule has 0 bridgehead atoms. The molecule has 0 spiro atoms. The van der Waals surface area contributed by atoms with Crippen molar-refractivity contribution in [1.82, 2.24) is 9.62 Å². The number of hydrogen-bond acceptors (Lipinski definition) is 5. The predicted molar refractivity (Wildman–Crippen MR) is 84.5 cm³/mol. The van der Waals surface area contributed by atoms with Crippen LogP contribution in [-0.4, -0.2) is 45.4 Å². The molecule has 1 aromatic heterocycles. The molecule has 3 N–H and O–H groups in total. The van der Waals surface area contributed by atoms with Crippen LogP contribution in [0.2, 0.25) is 0 Å². The van der Waals surface area contributed by atoms with Crippen LogP contribution in [0.1, 0.15) is 30.8 Å². The van der Waals surface area contributed by atoms with Crippen molar-refractivity contribution in [1.29, 1.82) is 0 Å². The third-order valence-corrected chi connectivity index (χ3v) is 5.21. The van der Waals surface area contributed by atoms with E-state index >= 15 is 0 Å². The minimum absolute atomic E-state index is 0. The number of likely N-dealkylation sites (tertiary alicyclic amines) is 1. The highest BCUT2D eigenvalue weighted by molar-refractivity contribution is 7.89. The number of rotatable bonds is 3. The van der Waals surface area contributed by atoms with Gasteiger partial charge in [0, 0.05) is 19.1 Å². The highest BCUT2D eigenvalue weighted by Crippen LogP contribution is 2.29. The Hall–Kier alpha value is -1.09. The van der Waals surface area contributed by atoms with Crippen LogP contribution in [0, 0.1) is 5.41 Å². The summed E-state index contributed by atoms with van der Waals surface area (Å²) >= 11 is 0. The molecule has 1 saturated heterocycles. The fourth-order valence-corrected chi connectivity index (χ4v) is 3.03. The molecule has 1 amide bonds. The zero-order valence-corrected chi connectivity index (χ0v) is 14.5. The van der Waals surface area contributed by atoms with Gasteiger partial charge >= 0.3 is 0 Å². The molecule has 7 nitrogen and oxygen atoms in total. The minimum Gasteiger partial charge on any atom is -0.438 e. The molecule has 1 aromatic rings. The summed E-state index contributed by atoms with van der Waals surface area (Å²) in [5, 5.41) is -0.263. The number of hydrogen-bond donors (Lipinski definition) is 2. The number of nitrogens with zero attached hydrogens (tertiary/aromatic N) is 1. The fraction of sp³-hybridized carbons (Fsp3) is 0.615. The van der Waals surface area contributed by atoms with Crippen LogP contribution >= 0.6 is 12.4 Å². The number of amides is 1. The van der Waals surface area contributed by atoms with E-state index in [0.29, 0.717) is 19.5 Å². The maximum atomic E-state index is 12.4. The third kappa shape index (κ3) is 3.62. The molecule has 1 aliphatic rings. The van der Waals surface area contributed by atoms with Crippen LogP contribution in [0.25, 0.3) is 0 Å². The first-order valence-electron chi connectivity index (χ1n) is 6.75. The Balaban J connectivity index is 0.00000242. The first kappa shape index (κ1) is 19.0. The summed E-state index contributed by atoms with van der Waals surface area (Å²) in [6, 6.07) is 2.70. The Morgan fingerprint density at radius 1 is 1.45 bits per heavy atom. The van der Waals surface area contributed by atoms with Crippen LogP contribution in [0.5, 0.6) is 0 Å². The number of nitrogens with two attached hydrogens (primary N) is 1. The molecule has 0 saturated carbocycles. The van der Waals surface area contributed by atoms with E-state index < -0.39 is 10.0 Å². The molecule has 0 radical (unpaired) electrons. The molecule has 2 heterocycles. The lowest BCUT2D eigenvalue weighted by Crippen LogP contribution is -2.53. The Kier molecular flexibility index (Phi) is 5.66. The molecule has 1 atom stereocenters. The van der Waals surface area contributed by atoms with E-state index in [1.165, 1.54) is 19.2 Å². The summed E-state index contributed by atoms with van der Waals surface area (Å²) in [6.07, 6.45) is 0.709. The predicted octanol–water partition coefficient (Wildman–Crippen LogP) is 0.809.